The van der Waals surface area contributed by atoms with Crippen molar-refractivity contribution in [3.05, 3.63) is 29.6 Å². The number of amides is 2. The number of carboxylic acid groups (broad SMARTS) is 1. The Kier molecular flexibility index (Phi) is 4.74. The first-order chi connectivity index (χ1) is 9.97. The standard InChI is InChI=1S/C14H17FN2O4/c1-8(12-3-2-6-21-12)16-14(20)17-11-7-9(13(18)19)4-5-10(11)15/h4-5,7-8,12H,2-3,6H2,1H3,(H,18,19)(H2,16,17,20). The molecule has 0 saturated carbocycles. The van der Waals surface area contributed by atoms with Crippen molar-refractivity contribution in [2.45, 2.75) is 31.9 Å². The molecule has 114 valence electrons. The first-order valence-corrected chi connectivity index (χ1v) is 6.69. The Hall–Kier alpha value is -2.15. The van der Waals surface area contributed by atoms with E-state index in [-0.39, 0.29) is 23.4 Å². The zero-order valence-corrected chi connectivity index (χ0v) is 11.6. The minimum Gasteiger partial charge on any atom is -0.478 e. The second-order valence-electron chi connectivity index (χ2n) is 4.94. The molecule has 2 atom stereocenters. The predicted molar refractivity (Wildman–Crippen MR) is 73.9 cm³/mol. The van der Waals surface area contributed by atoms with E-state index in [1.165, 1.54) is 0 Å². The van der Waals surface area contributed by atoms with Crippen LogP contribution in [0, 0.1) is 5.82 Å². The summed E-state index contributed by atoms with van der Waals surface area (Å²) in [5, 5.41) is 13.8. The summed E-state index contributed by atoms with van der Waals surface area (Å²) in [4.78, 5) is 22.7. The van der Waals surface area contributed by atoms with Gasteiger partial charge in [0.05, 0.1) is 23.4 Å². The highest BCUT2D eigenvalue weighted by Crippen LogP contribution is 2.17. The van der Waals surface area contributed by atoms with Gasteiger partial charge in [-0.15, -0.1) is 0 Å². The minimum atomic E-state index is -1.19. The predicted octanol–water partition coefficient (Wildman–Crippen LogP) is 2.21. The van der Waals surface area contributed by atoms with Crippen LogP contribution in [0.25, 0.3) is 0 Å². The number of aromatic carboxylic acids is 1. The second kappa shape index (κ2) is 6.53. The van der Waals surface area contributed by atoms with Gasteiger partial charge < -0.3 is 20.5 Å². The van der Waals surface area contributed by atoms with Gasteiger partial charge in [0.15, 0.2) is 0 Å². The van der Waals surface area contributed by atoms with Crippen LogP contribution in [-0.4, -0.2) is 35.9 Å². The number of rotatable bonds is 4. The Bertz CT molecular complexity index is 544. The first kappa shape index (κ1) is 15.2. The average molecular weight is 296 g/mol. The Morgan fingerprint density at radius 3 is 2.86 bits per heavy atom. The topological polar surface area (TPSA) is 87.7 Å². The van der Waals surface area contributed by atoms with E-state index in [2.05, 4.69) is 10.6 Å². The van der Waals surface area contributed by atoms with Crippen molar-refractivity contribution in [3.8, 4) is 0 Å². The van der Waals surface area contributed by atoms with Gasteiger partial charge in [-0.05, 0) is 38.0 Å². The summed E-state index contributed by atoms with van der Waals surface area (Å²) in [6.07, 6.45) is 1.77. The van der Waals surface area contributed by atoms with E-state index in [0.717, 1.165) is 31.0 Å². The molecule has 2 amide bonds. The molecule has 6 nitrogen and oxygen atoms in total. The molecule has 0 aromatic heterocycles. The van der Waals surface area contributed by atoms with E-state index < -0.39 is 17.8 Å². The molecule has 1 fully saturated rings. The lowest BCUT2D eigenvalue weighted by atomic mass is 10.1. The van der Waals surface area contributed by atoms with Crippen molar-refractivity contribution in [1.29, 1.82) is 0 Å². The van der Waals surface area contributed by atoms with Gasteiger partial charge in [0.2, 0.25) is 0 Å². The molecule has 0 bridgehead atoms. The van der Waals surface area contributed by atoms with Crippen molar-refractivity contribution < 1.29 is 23.8 Å². The van der Waals surface area contributed by atoms with Crippen molar-refractivity contribution in [3.63, 3.8) is 0 Å². The summed E-state index contributed by atoms with van der Waals surface area (Å²) in [6, 6.07) is 2.41. The normalized spacial score (nSPS) is 19.0. The highest BCUT2D eigenvalue weighted by Gasteiger charge is 2.23. The SMILES string of the molecule is CC(NC(=O)Nc1cc(C(=O)O)ccc1F)C1CCCO1. The molecule has 0 radical (unpaired) electrons. The van der Waals surface area contributed by atoms with Crippen molar-refractivity contribution in [1.82, 2.24) is 5.32 Å². The Balaban J connectivity index is 1.98. The summed E-state index contributed by atoms with van der Waals surface area (Å²) in [5.41, 5.74) is -0.272. The fourth-order valence-corrected chi connectivity index (χ4v) is 2.21. The first-order valence-electron chi connectivity index (χ1n) is 6.69. The van der Waals surface area contributed by atoms with Gasteiger partial charge in [0.25, 0.3) is 0 Å². The molecule has 21 heavy (non-hydrogen) atoms. The molecule has 0 spiro atoms. The van der Waals surface area contributed by atoms with Crippen LogP contribution < -0.4 is 10.6 Å². The molecule has 1 aliphatic rings. The van der Waals surface area contributed by atoms with E-state index in [1.807, 2.05) is 0 Å². The number of nitrogens with one attached hydrogen (secondary N) is 2. The van der Waals surface area contributed by atoms with Crippen LogP contribution in [0.4, 0.5) is 14.9 Å². The lowest BCUT2D eigenvalue weighted by Gasteiger charge is -2.20. The molecule has 0 aliphatic carbocycles. The molecule has 1 aromatic carbocycles. The third-order valence-corrected chi connectivity index (χ3v) is 3.34. The van der Waals surface area contributed by atoms with E-state index in [9.17, 15) is 14.0 Å². The molecule has 1 heterocycles. The third kappa shape index (κ3) is 3.91. The summed E-state index contributed by atoms with van der Waals surface area (Å²) in [6.45, 7) is 2.48. The summed E-state index contributed by atoms with van der Waals surface area (Å²) < 4.78 is 19.0. The molecule has 1 aromatic rings. The zero-order valence-electron chi connectivity index (χ0n) is 11.6. The Labute approximate surface area is 121 Å². The maximum absolute atomic E-state index is 13.6. The largest absolute Gasteiger partial charge is 0.478 e. The highest BCUT2D eigenvalue weighted by molar-refractivity contribution is 5.93. The van der Waals surface area contributed by atoms with Crippen LogP contribution in [-0.2, 0) is 4.74 Å². The van der Waals surface area contributed by atoms with Gasteiger partial charge in [-0.3, -0.25) is 0 Å². The number of ether oxygens (including phenoxy) is 1. The van der Waals surface area contributed by atoms with E-state index in [0.29, 0.717) is 6.61 Å². The van der Waals surface area contributed by atoms with Crippen LogP contribution >= 0.6 is 0 Å². The number of carboxylic acids is 1. The lowest BCUT2D eigenvalue weighted by molar-refractivity contribution is 0.0697. The van der Waals surface area contributed by atoms with Crippen LogP contribution in [0.2, 0.25) is 0 Å². The van der Waals surface area contributed by atoms with Gasteiger partial charge in [0, 0.05) is 6.61 Å². The average Bonchev–Trinajstić information content (AvgIpc) is 2.95. The summed E-state index contributed by atoms with van der Waals surface area (Å²) >= 11 is 0. The molecular formula is C14H17FN2O4. The van der Waals surface area contributed by atoms with Crippen LogP contribution in [0.3, 0.4) is 0 Å². The zero-order chi connectivity index (χ0) is 15.4. The molecular weight excluding hydrogens is 279 g/mol. The molecule has 7 heteroatoms. The van der Waals surface area contributed by atoms with Gasteiger partial charge in [-0.2, -0.15) is 0 Å². The lowest BCUT2D eigenvalue weighted by Crippen LogP contribution is -2.43. The smallest absolute Gasteiger partial charge is 0.335 e. The second-order valence-corrected chi connectivity index (χ2v) is 4.94. The summed E-state index contributed by atoms with van der Waals surface area (Å²) in [5.74, 6) is -1.88. The monoisotopic (exact) mass is 296 g/mol. The highest BCUT2D eigenvalue weighted by atomic mass is 19.1. The maximum Gasteiger partial charge on any atom is 0.335 e. The number of carbonyl (C=O) groups excluding carboxylic acids is 1. The fraction of sp³-hybridized carbons (Fsp3) is 0.429. The van der Waals surface area contributed by atoms with E-state index >= 15 is 0 Å². The van der Waals surface area contributed by atoms with Crippen molar-refractivity contribution >= 4 is 17.7 Å². The number of hydrogen-bond donors (Lipinski definition) is 3. The van der Waals surface area contributed by atoms with Gasteiger partial charge in [-0.25, -0.2) is 14.0 Å². The molecule has 3 N–H and O–H groups in total. The van der Waals surface area contributed by atoms with Crippen LogP contribution in [0.15, 0.2) is 18.2 Å². The van der Waals surface area contributed by atoms with Gasteiger partial charge in [0.1, 0.15) is 5.82 Å². The van der Waals surface area contributed by atoms with Gasteiger partial charge in [-0.1, -0.05) is 0 Å². The minimum absolute atomic E-state index is 0.0500. The number of hydrogen-bond acceptors (Lipinski definition) is 3. The van der Waals surface area contributed by atoms with Gasteiger partial charge >= 0.3 is 12.0 Å². The molecule has 2 unspecified atom stereocenters. The number of halogens is 1. The maximum atomic E-state index is 13.6. The molecule has 1 aliphatic heterocycles. The van der Waals surface area contributed by atoms with Crippen molar-refractivity contribution in [2.75, 3.05) is 11.9 Å². The van der Waals surface area contributed by atoms with E-state index in [4.69, 9.17) is 9.84 Å². The van der Waals surface area contributed by atoms with Crippen molar-refractivity contribution in [2.24, 2.45) is 0 Å². The van der Waals surface area contributed by atoms with Crippen LogP contribution in [0.1, 0.15) is 30.1 Å². The Morgan fingerprint density at radius 2 is 2.24 bits per heavy atom. The molecule has 1 saturated heterocycles. The number of carbonyl (C=O) groups is 2. The summed E-state index contributed by atoms with van der Waals surface area (Å²) in [7, 11) is 0. The number of urea groups is 1. The number of anilines is 1. The third-order valence-electron chi connectivity index (χ3n) is 3.34. The molecule has 2 rings (SSSR count). The van der Waals surface area contributed by atoms with Crippen LogP contribution in [0.5, 0.6) is 0 Å². The Morgan fingerprint density at radius 1 is 1.48 bits per heavy atom. The fourth-order valence-electron chi connectivity index (χ4n) is 2.21. The quantitative estimate of drug-likeness (QED) is 0.795. The number of benzene rings is 1. The van der Waals surface area contributed by atoms with E-state index in [1.54, 1.807) is 6.92 Å².